The topological polar surface area (TPSA) is 49.8 Å². The zero-order chi connectivity index (χ0) is 22.0. The summed E-state index contributed by atoms with van der Waals surface area (Å²) in [5, 5.41) is 11.5. The standard InChI is InChI=1S/C28H29NO3/c30-27(16-28(31,22-12-6-2-7-13-22)23-14-8-3-9-15-23)32-20-26-24-18-29(19-25(24)26)17-21-10-4-1-5-11-21/h1-15,24-26,31H,16-20H2. The lowest BCUT2D eigenvalue weighted by molar-refractivity contribution is -0.149. The van der Waals surface area contributed by atoms with Crippen LogP contribution in [0.4, 0.5) is 0 Å². The van der Waals surface area contributed by atoms with Gasteiger partial charge in [0.1, 0.15) is 5.60 Å². The molecule has 0 amide bonds. The Morgan fingerprint density at radius 3 is 1.88 bits per heavy atom. The predicted octanol–water partition coefficient (Wildman–Crippen LogP) is 4.23. The normalized spacial score (nSPS) is 22.3. The van der Waals surface area contributed by atoms with E-state index in [2.05, 4.69) is 29.2 Å². The summed E-state index contributed by atoms with van der Waals surface area (Å²) in [5.74, 6) is 1.33. The number of piperidine rings is 1. The molecule has 1 aliphatic carbocycles. The Balaban J connectivity index is 1.16. The second-order valence-corrected chi connectivity index (χ2v) is 9.12. The largest absolute Gasteiger partial charge is 0.465 e. The third kappa shape index (κ3) is 4.34. The van der Waals surface area contributed by atoms with Crippen molar-refractivity contribution in [1.82, 2.24) is 4.90 Å². The fraction of sp³-hybridized carbons (Fsp3) is 0.321. The summed E-state index contributed by atoms with van der Waals surface area (Å²) in [6, 6.07) is 29.3. The van der Waals surface area contributed by atoms with Crippen molar-refractivity contribution in [2.75, 3.05) is 19.7 Å². The molecule has 0 spiro atoms. The van der Waals surface area contributed by atoms with Crippen molar-refractivity contribution in [3.63, 3.8) is 0 Å². The van der Waals surface area contributed by atoms with Crippen LogP contribution in [0.25, 0.3) is 0 Å². The predicted molar refractivity (Wildman–Crippen MR) is 124 cm³/mol. The number of nitrogens with zero attached hydrogens (tertiary/aromatic N) is 1. The van der Waals surface area contributed by atoms with E-state index in [9.17, 15) is 9.90 Å². The van der Waals surface area contributed by atoms with Crippen LogP contribution in [0, 0.1) is 17.8 Å². The van der Waals surface area contributed by atoms with Gasteiger partial charge in [-0.1, -0.05) is 91.0 Å². The van der Waals surface area contributed by atoms with Gasteiger partial charge in [0, 0.05) is 25.6 Å². The van der Waals surface area contributed by atoms with Gasteiger partial charge in [0.25, 0.3) is 0 Å². The third-order valence-corrected chi connectivity index (χ3v) is 7.04. The molecule has 0 radical (unpaired) electrons. The molecular weight excluding hydrogens is 398 g/mol. The van der Waals surface area contributed by atoms with Gasteiger partial charge < -0.3 is 9.84 Å². The quantitative estimate of drug-likeness (QED) is 0.547. The van der Waals surface area contributed by atoms with Crippen LogP contribution in [-0.4, -0.2) is 35.7 Å². The van der Waals surface area contributed by atoms with Crippen LogP contribution < -0.4 is 0 Å². The van der Waals surface area contributed by atoms with Crippen molar-refractivity contribution in [2.45, 2.75) is 18.6 Å². The Bertz CT molecular complexity index is 987. The van der Waals surface area contributed by atoms with E-state index in [4.69, 9.17) is 4.74 Å². The molecule has 32 heavy (non-hydrogen) atoms. The average Bonchev–Trinajstić information content (AvgIpc) is 3.30. The highest BCUT2D eigenvalue weighted by Crippen LogP contribution is 2.52. The van der Waals surface area contributed by atoms with E-state index < -0.39 is 5.60 Å². The molecule has 0 aromatic heterocycles. The summed E-state index contributed by atoms with van der Waals surface area (Å²) in [6.45, 7) is 3.58. The number of likely N-dealkylation sites (tertiary alicyclic amines) is 1. The van der Waals surface area contributed by atoms with Crippen LogP contribution in [0.3, 0.4) is 0 Å². The number of rotatable bonds is 8. The molecule has 3 aromatic rings. The van der Waals surface area contributed by atoms with E-state index >= 15 is 0 Å². The molecule has 5 rings (SSSR count). The van der Waals surface area contributed by atoms with Crippen LogP contribution in [0.1, 0.15) is 23.1 Å². The number of carbonyl (C=O) groups is 1. The van der Waals surface area contributed by atoms with Gasteiger partial charge in [-0.2, -0.15) is 0 Å². The first-order valence-corrected chi connectivity index (χ1v) is 11.4. The number of esters is 1. The Morgan fingerprint density at radius 2 is 1.34 bits per heavy atom. The number of fused-ring (bicyclic) bond motifs is 1. The number of carbonyl (C=O) groups excluding carboxylic acids is 1. The molecule has 1 aliphatic heterocycles. The van der Waals surface area contributed by atoms with Crippen LogP contribution in [-0.2, 0) is 21.7 Å². The lowest BCUT2D eigenvalue weighted by Crippen LogP contribution is -2.32. The minimum absolute atomic E-state index is 0.0940. The number of ether oxygens (including phenoxy) is 1. The first kappa shape index (κ1) is 20.9. The van der Waals surface area contributed by atoms with Gasteiger partial charge in [-0.15, -0.1) is 0 Å². The first-order valence-electron chi connectivity index (χ1n) is 11.4. The molecule has 2 aliphatic rings. The summed E-state index contributed by atoms with van der Waals surface area (Å²) >= 11 is 0. The lowest BCUT2D eigenvalue weighted by atomic mass is 9.83. The SMILES string of the molecule is O=C(CC(O)(c1ccccc1)c1ccccc1)OCC1C2CN(Cc3ccccc3)CC12. The molecule has 3 aromatic carbocycles. The number of aliphatic hydroxyl groups is 1. The van der Waals surface area contributed by atoms with Crippen LogP contribution >= 0.6 is 0 Å². The fourth-order valence-corrected chi connectivity index (χ4v) is 5.20. The van der Waals surface area contributed by atoms with Gasteiger partial charge in [-0.25, -0.2) is 0 Å². The highest BCUT2D eigenvalue weighted by atomic mass is 16.5. The molecule has 0 bridgehead atoms. The minimum Gasteiger partial charge on any atom is -0.465 e. The molecule has 1 heterocycles. The van der Waals surface area contributed by atoms with Crippen molar-refractivity contribution >= 4 is 5.97 Å². The maximum atomic E-state index is 12.8. The van der Waals surface area contributed by atoms with E-state index in [0.717, 1.165) is 19.6 Å². The van der Waals surface area contributed by atoms with Crippen molar-refractivity contribution in [1.29, 1.82) is 0 Å². The molecule has 4 nitrogen and oxygen atoms in total. The van der Waals surface area contributed by atoms with Crippen LogP contribution in [0.5, 0.6) is 0 Å². The monoisotopic (exact) mass is 427 g/mol. The summed E-state index contributed by atoms with van der Waals surface area (Å²) in [6.07, 6.45) is -0.0940. The maximum absolute atomic E-state index is 12.8. The van der Waals surface area contributed by atoms with Crippen molar-refractivity contribution in [3.05, 3.63) is 108 Å². The number of hydrogen-bond acceptors (Lipinski definition) is 4. The molecule has 1 saturated heterocycles. The van der Waals surface area contributed by atoms with Crippen molar-refractivity contribution in [3.8, 4) is 0 Å². The Hall–Kier alpha value is -2.95. The van der Waals surface area contributed by atoms with E-state index in [1.54, 1.807) is 0 Å². The summed E-state index contributed by atoms with van der Waals surface area (Å²) in [5.41, 5.74) is 1.34. The van der Waals surface area contributed by atoms with Crippen LogP contribution in [0.2, 0.25) is 0 Å². The minimum atomic E-state index is -1.40. The van der Waals surface area contributed by atoms with Gasteiger partial charge in [-0.3, -0.25) is 9.69 Å². The summed E-state index contributed by atoms with van der Waals surface area (Å²) < 4.78 is 5.68. The third-order valence-electron chi connectivity index (χ3n) is 7.04. The number of hydrogen-bond donors (Lipinski definition) is 1. The van der Waals surface area contributed by atoms with Crippen molar-refractivity contribution < 1.29 is 14.6 Å². The molecular formula is C28H29NO3. The zero-order valence-corrected chi connectivity index (χ0v) is 18.1. The van der Waals surface area contributed by atoms with E-state index in [-0.39, 0.29) is 12.4 Å². The van der Waals surface area contributed by atoms with Gasteiger partial charge in [-0.05, 0) is 28.5 Å². The molecule has 2 fully saturated rings. The summed E-state index contributed by atoms with van der Waals surface area (Å²) in [4.78, 5) is 15.3. The zero-order valence-electron chi connectivity index (χ0n) is 18.1. The van der Waals surface area contributed by atoms with Gasteiger partial charge in [0.2, 0.25) is 0 Å². The maximum Gasteiger partial charge on any atom is 0.309 e. The molecule has 4 heteroatoms. The first-order chi connectivity index (χ1) is 15.6. The molecule has 1 saturated carbocycles. The summed E-state index contributed by atoms with van der Waals surface area (Å²) in [7, 11) is 0. The van der Waals surface area contributed by atoms with Gasteiger partial charge in [0.15, 0.2) is 0 Å². The fourth-order valence-electron chi connectivity index (χ4n) is 5.20. The second kappa shape index (κ2) is 8.89. The smallest absolute Gasteiger partial charge is 0.309 e. The van der Waals surface area contributed by atoms with E-state index in [0.29, 0.717) is 35.5 Å². The van der Waals surface area contributed by atoms with E-state index in [1.807, 2.05) is 66.7 Å². The molecule has 2 atom stereocenters. The Labute approximate surface area is 189 Å². The lowest BCUT2D eigenvalue weighted by Gasteiger charge is -2.28. The molecule has 2 unspecified atom stereocenters. The Kier molecular flexibility index (Phi) is 5.81. The van der Waals surface area contributed by atoms with Crippen LogP contribution in [0.15, 0.2) is 91.0 Å². The Morgan fingerprint density at radius 1 is 0.844 bits per heavy atom. The molecule has 164 valence electrons. The highest BCUT2D eigenvalue weighted by molar-refractivity contribution is 5.72. The van der Waals surface area contributed by atoms with Gasteiger partial charge >= 0.3 is 5.97 Å². The average molecular weight is 428 g/mol. The highest BCUT2D eigenvalue weighted by Gasteiger charge is 2.55. The second-order valence-electron chi connectivity index (χ2n) is 9.12. The number of benzene rings is 3. The van der Waals surface area contributed by atoms with Crippen molar-refractivity contribution in [2.24, 2.45) is 17.8 Å². The molecule has 1 N–H and O–H groups in total. The van der Waals surface area contributed by atoms with Gasteiger partial charge in [0.05, 0.1) is 13.0 Å². The van der Waals surface area contributed by atoms with E-state index in [1.165, 1.54) is 5.56 Å².